The van der Waals surface area contributed by atoms with E-state index in [-0.39, 0.29) is 35.2 Å². The molecule has 12 heteroatoms. The number of rotatable bonds is 11. The van der Waals surface area contributed by atoms with Gasteiger partial charge in [0, 0.05) is 44.7 Å². The highest BCUT2D eigenvalue weighted by Gasteiger charge is 2.44. The number of carboxylic acid groups (broad SMARTS) is 1. The number of aliphatic carboxylic acids is 1. The molecule has 2 aromatic heterocycles. The molecule has 45 heavy (non-hydrogen) atoms. The van der Waals surface area contributed by atoms with E-state index < -0.39 is 17.5 Å². The highest BCUT2D eigenvalue weighted by atomic mass is 32.1. The van der Waals surface area contributed by atoms with Crippen LogP contribution in [0.4, 0.5) is 0 Å². The maximum absolute atomic E-state index is 13.2. The number of benzene rings is 2. The number of aliphatic hydroxyl groups is 1. The molecule has 0 bridgehead atoms. The molecule has 2 aromatic carbocycles. The topological polar surface area (TPSA) is 163 Å². The summed E-state index contributed by atoms with van der Waals surface area (Å²) in [6, 6.07) is 18.4. The first-order valence-electron chi connectivity index (χ1n) is 14.8. The number of likely N-dealkylation sites (tertiary alicyclic amines) is 1. The maximum Gasteiger partial charge on any atom is 0.314 e. The maximum atomic E-state index is 13.2. The molecule has 0 spiro atoms. The Balaban J connectivity index is 1.09. The summed E-state index contributed by atoms with van der Waals surface area (Å²) < 4.78 is 0. The first-order chi connectivity index (χ1) is 21.6. The second-order valence-corrected chi connectivity index (χ2v) is 12.4. The van der Waals surface area contributed by atoms with E-state index in [4.69, 9.17) is 0 Å². The minimum Gasteiger partial charge on any atom is -0.506 e. The van der Waals surface area contributed by atoms with Gasteiger partial charge in [-0.2, -0.15) is 0 Å². The van der Waals surface area contributed by atoms with Crippen molar-refractivity contribution >= 4 is 40.0 Å². The van der Waals surface area contributed by atoms with Gasteiger partial charge < -0.3 is 35.4 Å². The predicted octanol–water partition coefficient (Wildman–Crippen LogP) is 3.34. The molecular formula is C33H36N4O7S. The number of phenols is 1. The van der Waals surface area contributed by atoms with Crippen LogP contribution in [0.2, 0.25) is 0 Å². The van der Waals surface area contributed by atoms with Gasteiger partial charge in [0.15, 0.2) is 0 Å². The van der Waals surface area contributed by atoms with Crippen molar-refractivity contribution in [1.82, 2.24) is 20.1 Å². The summed E-state index contributed by atoms with van der Waals surface area (Å²) >= 11 is 1.13. The number of aromatic amines is 1. The number of H-pyrrole nitrogens is 1. The molecule has 3 heterocycles. The molecule has 1 fully saturated rings. The molecular weight excluding hydrogens is 596 g/mol. The molecule has 5 N–H and O–H groups in total. The number of hydrogen-bond acceptors (Lipinski definition) is 8. The van der Waals surface area contributed by atoms with Gasteiger partial charge in [0.05, 0.1) is 26.8 Å². The molecule has 1 saturated heterocycles. The number of carbonyl (C=O) groups excluding carboxylic acids is 2. The van der Waals surface area contributed by atoms with Crippen molar-refractivity contribution in [2.45, 2.75) is 30.8 Å². The first-order valence-corrected chi connectivity index (χ1v) is 15.6. The SMILES string of the molecule is CN(CCCNC[C@H](O)c1ccc(O)c2[nH]c(=O)ccc12)C(=O)c1ccc(C(=O)N2CCC(C(=O)O)(c3ccccc3)CC2)s1. The second-order valence-electron chi connectivity index (χ2n) is 11.3. The number of pyridine rings is 1. The van der Waals surface area contributed by atoms with Crippen LogP contribution in [-0.2, 0) is 10.2 Å². The summed E-state index contributed by atoms with van der Waals surface area (Å²) in [5.74, 6) is -1.36. The summed E-state index contributed by atoms with van der Waals surface area (Å²) in [4.78, 5) is 56.9. The third-order valence-electron chi connectivity index (χ3n) is 8.46. The van der Waals surface area contributed by atoms with Gasteiger partial charge in [-0.15, -0.1) is 11.3 Å². The minimum atomic E-state index is -1.02. The number of amides is 2. The number of aromatic nitrogens is 1. The standard InChI is InChI=1S/C33H36N4O7S/c1-36(17-5-16-34-20-25(39)22-8-10-24(38)29-23(22)9-13-28(40)35-29)30(41)26-11-12-27(45-26)31(42)37-18-14-33(15-19-37,32(43)44)21-6-3-2-4-7-21/h2-4,6-13,25,34,38-39H,5,14-20H2,1H3,(H,35,40)(H,43,44)/t25-/m0/s1. The fraction of sp³-hybridized carbons (Fsp3) is 0.333. The number of carbonyl (C=O) groups is 3. The van der Waals surface area contributed by atoms with Crippen molar-refractivity contribution in [3.63, 3.8) is 0 Å². The third-order valence-corrected chi connectivity index (χ3v) is 9.53. The largest absolute Gasteiger partial charge is 0.506 e. The number of aromatic hydroxyl groups is 1. The number of hydrogen-bond donors (Lipinski definition) is 5. The van der Waals surface area contributed by atoms with E-state index in [1.165, 1.54) is 12.1 Å². The summed E-state index contributed by atoms with van der Waals surface area (Å²) in [5, 5.41) is 34.5. The van der Waals surface area contributed by atoms with Gasteiger partial charge in [0.1, 0.15) is 5.75 Å². The Bertz CT molecular complexity index is 1740. The van der Waals surface area contributed by atoms with E-state index in [1.54, 1.807) is 41.1 Å². The molecule has 1 aliphatic rings. The van der Waals surface area contributed by atoms with Crippen LogP contribution in [0.25, 0.3) is 10.9 Å². The lowest BCUT2D eigenvalue weighted by Gasteiger charge is -2.39. The average Bonchev–Trinajstić information content (AvgIpc) is 3.55. The van der Waals surface area contributed by atoms with Crippen molar-refractivity contribution in [3.8, 4) is 5.75 Å². The smallest absolute Gasteiger partial charge is 0.314 e. The van der Waals surface area contributed by atoms with Crippen LogP contribution in [-0.4, -0.2) is 87.7 Å². The van der Waals surface area contributed by atoms with Gasteiger partial charge in [-0.3, -0.25) is 19.2 Å². The Hall–Kier alpha value is -4.52. The van der Waals surface area contributed by atoms with E-state index in [9.17, 15) is 34.5 Å². The summed E-state index contributed by atoms with van der Waals surface area (Å²) in [6.07, 6.45) is 0.375. The lowest BCUT2D eigenvalue weighted by molar-refractivity contribution is -0.145. The van der Waals surface area contributed by atoms with Crippen LogP contribution in [0.3, 0.4) is 0 Å². The van der Waals surface area contributed by atoms with Gasteiger partial charge in [-0.1, -0.05) is 36.4 Å². The minimum absolute atomic E-state index is 0.0707. The lowest BCUT2D eigenvalue weighted by Crippen LogP contribution is -2.49. The zero-order chi connectivity index (χ0) is 32.1. The average molecular weight is 633 g/mol. The lowest BCUT2D eigenvalue weighted by atomic mass is 9.73. The predicted molar refractivity (Wildman–Crippen MR) is 171 cm³/mol. The quantitative estimate of drug-likeness (QED) is 0.157. The molecule has 0 unspecified atom stereocenters. The van der Waals surface area contributed by atoms with Crippen LogP contribution < -0.4 is 10.9 Å². The van der Waals surface area contributed by atoms with E-state index in [0.717, 1.165) is 16.9 Å². The number of fused-ring (bicyclic) bond motifs is 1. The van der Waals surface area contributed by atoms with Crippen LogP contribution in [0, 0.1) is 0 Å². The van der Waals surface area contributed by atoms with Crippen molar-refractivity contribution in [2.75, 3.05) is 39.8 Å². The Morgan fingerprint density at radius 1 is 1.02 bits per heavy atom. The normalized spacial score (nSPS) is 15.1. The van der Waals surface area contributed by atoms with E-state index in [0.29, 0.717) is 66.1 Å². The molecule has 5 rings (SSSR count). The molecule has 0 aliphatic carbocycles. The molecule has 2 amide bonds. The number of phenolic OH excluding ortho intramolecular Hbond substituents is 1. The van der Waals surface area contributed by atoms with Gasteiger partial charge in [-0.25, -0.2) is 0 Å². The molecule has 11 nitrogen and oxygen atoms in total. The van der Waals surface area contributed by atoms with Crippen molar-refractivity contribution < 1.29 is 29.7 Å². The zero-order valence-corrected chi connectivity index (χ0v) is 25.7. The van der Waals surface area contributed by atoms with E-state index in [2.05, 4.69) is 10.3 Å². The van der Waals surface area contributed by atoms with Crippen LogP contribution in [0.15, 0.2) is 71.5 Å². The third kappa shape index (κ3) is 6.77. The van der Waals surface area contributed by atoms with Crippen LogP contribution >= 0.6 is 11.3 Å². The van der Waals surface area contributed by atoms with E-state index >= 15 is 0 Å². The number of nitrogens with one attached hydrogen (secondary N) is 2. The molecule has 236 valence electrons. The fourth-order valence-corrected chi connectivity index (χ4v) is 6.80. The Morgan fingerprint density at radius 2 is 1.73 bits per heavy atom. The first kappa shape index (κ1) is 31.9. The van der Waals surface area contributed by atoms with Gasteiger partial charge in [-0.05, 0) is 61.2 Å². The number of piperidine rings is 1. The van der Waals surface area contributed by atoms with Crippen LogP contribution in [0.5, 0.6) is 5.75 Å². The summed E-state index contributed by atoms with van der Waals surface area (Å²) in [5.41, 5.74) is 0.223. The summed E-state index contributed by atoms with van der Waals surface area (Å²) in [7, 11) is 1.70. The Morgan fingerprint density at radius 3 is 2.44 bits per heavy atom. The molecule has 0 radical (unpaired) electrons. The number of carboxylic acids is 1. The van der Waals surface area contributed by atoms with Gasteiger partial charge in [0.2, 0.25) is 5.56 Å². The number of aliphatic hydroxyl groups excluding tert-OH is 1. The second kappa shape index (κ2) is 13.6. The van der Waals surface area contributed by atoms with Gasteiger partial charge in [0.25, 0.3) is 11.8 Å². The monoisotopic (exact) mass is 632 g/mol. The molecule has 4 aromatic rings. The summed E-state index contributed by atoms with van der Waals surface area (Å²) in [6.45, 7) is 1.85. The van der Waals surface area contributed by atoms with Crippen LogP contribution in [0.1, 0.15) is 55.8 Å². The van der Waals surface area contributed by atoms with E-state index in [1.807, 2.05) is 30.3 Å². The number of nitrogens with zero attached hydrogens (tertiary/aromatic N) is 2. The van der Waals surface area contributed by atoms with Crippen molar-refractivity contribution in [3.05, 3.63) is 98.0 Å². The van der Waals surface area contributed by atoms with Crippen molar-refractivity contribution in [1.29, 1.82) is 0 Å². The van der Waals surface area contributed by atoms with Crippen molar-refractivity contribution in [2.24, 2.45) is 0 Å². The molecule has 1 atom stereocenters. The highest BCUT2D eigenvalue weighted by Crippen LogP contribution is 2.36. The fourth-order valence-electron chi connectivity index (χ4n) is 5.83. The number of thiophene rings is 1. The Kier molecular flexibility index (Phi) is 9.66. The Labute approximate surface area is 263 Å². The molecule has 0 saturated carbocycles. The molecule has 1 aliphatic heterocycles. The zero-order valence-electron chi connectivity index (χ0n) is 24.9. The highest BCUT2D eigenvalue weighted by molar-refractivity contribution is 7.15. The van der Waals surface area contributed by atoms with Gasteiger partial charge >= 0.3 is 5.97 Å².